The normalized spacial score (nSPS) is 12.1. The van der Waals surface area contributed by atoms with Crippen LogP contribution < -0.4 is 20.1 Å². The second-order valence-corrected chi connectivity index (χ2v) is 5.17. The van der Waals surface area contributed by atoms with Crippen molar-refractivity contribution in [2.45, 2.75) is 20.3 Å². The lowest BCUT2D eigenvalue weighted by molar-refractivity contribution is 0.0948. The third-order valence-electron chi connectivity index (χ3n) is 3.25. The molecule has 1 aromatic carbocycles. The number of ether oxygens (including phenoxy) is 2. The molecule has 7 heteroatoms. The molecule has 120 valence electrons. The van der Waals surface area contributed by atoms with E-state index in [0.29, 0.717) is 35.4 Å². The molecule has 3 rings (SSSR count). The molecule has 0 radical (unpaired) electrons. The van der Waals surface area contributed by atoms with E-state index < -0.39 is 0 Å². The molecule has 0 bridgehead atoms. The lowest BCUT2D eigenvalue weighted by Crippen LogP contribution is -2.25. The number of aromatic nitrogens is 2. The van der Waals surface area contributed by atoms with Gasteiger partial charge in [0.1, 0.15) is 5.69 Å². The standard InChI is InChI=1S/C16H18N4O3/c1-3-6-17-15(21)12-7-10(2)18-16(20-12)19-11-4-5-13-14(8-11)23-9-22-13/h4-5,7-8H,3,6,9H2,1-2H3,(H,17,21)(H,18,19,20). The van der Waals surface area contributed by atoms with Crippen molar-refractivity contribution in [2.75, 3.05) is 18.7 Å². The number of nitrogens with one attached hydrogen (secondary N) is 2. The van der Waals surface area contributed by atoms with Gasteiger partial charge in [-0.3, -0.25) is 4.79 Å². The summed E-state index contributed by atoms with van der Waals surface area (Å²) >= 11 is 0. The van der Waals surface area contributed by atoms with E-state index in [4.69, 9.17) is 9.47 Å². The van der Waals surface area contributed by atoms with Gasteiger partial charge in [0.05, 0.1) is 0 Å². The molecule has 1 aliphatic heterocycles. The third kappa shape index (κ3) is 3.50. The average Bonchev–Trinajstić information content (AvgIpc) is 2.99. The van der Waals surface area contributed by atoms with Crippen molar-refractivity contribution in [3.8, 4) is 11.5 Å². The molecule has 7 nitrogen and oxygen atoms in total. The van der Waals surface area contributed by atoms with E-state index in [1.807, 2.05) is 32.0 Å². The van der Waals surface area contributed by atoms with E-state index >= 15 is 0 Å². The molecular formula is C16H18N4O3. The molecule has 1 aliphatic rings. The van der Waals surface area contributed by atoms with E-state index in [0.717, 1.165) is 12.1 Å². The second kappa shape index (κ2) is 6.51. The summed E-state index contributed by atoms with van der Waals surface area (Å²) in [6.07, 6.45) is 0.873. The highest BCUT2D eigenvalue weighted by Gasteiger charge is 2.14. The summed E-state index contributed by atoms with van der Waals surface area (Å²) in [4.78, 5) is 20.6. The Kier molecular flexibility index (Phi) is 4.27. The van der Waals surface area contributed by atoms with Crippen LogP contribution >= 0.6 is 0 Å². The summed E-state index contributed by atoms with van der Waals surface area (Å²) in [5.74, 6) is 1.54. The molecular weight excluding hydrogens is 296 g/mol. The van der Waals surface area contributed by atoms with Gasteiger partial charge in [-0.15, -0.1) is 0 Å². The zero-order valence-corrected chi connectivity index (χ0v) is 13.0. The van der Waals surface area contributed by atoms with Crippen LogP contribution in [0.4, 0.5) is 11.6 Å². The molecule has 0 fully saturated rings. The van der Waals surface area contributed by atoms with Gasteiger partial charge in [-0.1, -0.05) is 6.92 Å². The van der Waals surface area contributed by atoms with Gasteiger partial charge >= 0.3 is 0 Å². The molecule has 2 aromatic rings. The highest BCUT2D eigenvalue weighted by atomic mass is 16.7. The zero-order chi connectivity index (χ0) is 16.2. The Bertz CT molecular complexity index is 733. The minimum Gasteiger partial charge on any atom is -0.454 e. The summed E-state index contributed by atoms with van der Waals surface area (Å²) in [6.45, 7) is 4.66. The van der Waals surface area contributed by atoms with E-state index in [1.54, 1.807) is 6.07 Å². The highest BCUT2D eigenvalue weighted by molar-refractivity contribution is 5.92. The number of amides is 1. The summed E-state index contributed by atoms with van der Waals surface area (Å²) in [5, 5.41) is 5.90. The number of carbonyl (C=O) groups excluding carboxylic acids is 1. The van der Waals surface area contributed by atoms with Gasteiger partial charge in [0.25, 0.3) is 5.91 Å². The van der Waals surface area contributed by atoms with Crippen molar-refractivity contribution in [1.29, 1.82) is 0 Å². The Balaban J connectivity index is 1.80. The first-order valence-electron chi connectivity index (χ1n) is 7.46. The van der Waals surface area contributed by atoms with Gasteiger partial charge in [0.15, 0.2) is 11.5 Å². The van der Waals surface area contributed by atoms with E-state index in [9.17, 15) is 4.79 Å². The first-order chi connectivity index (χ1) is 11.2. The van der Waals surface area contributed by atoms with Crippen LogP contribution in [0.25, 0.3) is 0 Å². The maximum atomic E-state index is 12.0. The maximum absolute atomic E-state index is 12.0. The molecule has 1 amide bonds. The van der Waals surface area contributed by atoms with Crippen LogP contribution in [0.15, 0.2) is 24.3 Å². The quantitative estimate of drug-likeness (QED) is 0.881. The highest BCUT2D eigenvalue weighted by Crippen LogP contribution is 2.34. The Hall–Kier alpha value is -2.83. The maximum Gasteiger partial charge on any atom is 0.270 e. The first-order valence-corrected chi connectivity index (χ1v) is 7.46. The second-order valence-electron chi connectivity index (χ2n) is 5.17. The van der Waals surface area contributed by atoms with E-state index in [2.05, 4.69) is 20.6 Å². The molecule has 2 N–H and O–H groups in total. The molecule has 0 atom stereocenters. The van der Waals surface area contributed by atoms with Crippen LogP contribution in [-0.4, -0.2) is 29.2 Å². The fourth-order valence-corrected chi connectivity index (χ4v) is 2.17. The predicted molar refractivity (Wildman–Crippen MR) is 85.2 cm³/mol. The Morgan fingerprint density at radius 3 is 2.87 bits per heavy atom. The number of carbonyl (C=O) groups is 1. The van der Waals surface area contributed by atoms with Gasteiger partial charge in [0, 0.05) is 24.0 Å². The van der Waals surface area contributed by atoms with Gasteiger partial charge in [0.2, 0.25) is 12.7 Å². The number of aryl methyl sites for hydroxylation is 1. The van der Waals surface area contributed by atoms with Crippen molar-refractivity contribution in [3.05, 3.63) is 35.7 Å². The van der Waals surface area contributed by atoms with Crippen LogP contribution in [0.2, 0.25) is 0 Å². The molecule has 2 heterocycles. The van der Waals surface area contributed by atoms with Gasteiger partial charge in [-0.25, -0.2) is 9.97 Å². The Morgan fingerprint density at radius 2 is 2.04 bits per heavy atom. The topological polar surface area (TPSA) is 85.4 Å². The minimum atomic E-state index is -0.203. The van der Waals surface area contributed by atoms with Crippen LogP contribution in [-0.2, 0) is 0 Å². The molecule has 0 saturated heterocycles. The number of hydrogen-bond acceptors (Lipinski definition) is 6. The fraction of sp³-hybridized carbons (Fsp3) is 0.312. The number of fused-ring (bicyclic) bond motifs is 1. The number of nitrogens with zero attached hydrogens (tertiary/aromatic N) is 2. The molecule has 23 heavy (non-hydrogen) atoms. The largest absolute Gasteiger partial charge is 0.454 e. The van der Waals surface area contributed by atoms with Crippen molar-refractivity contribution in [3.63, 3.8) is 0 Å². The number of hydrogen-bond donors (Lipinski definition) is 2. The molecule has 0 saturated carbocycles. The molecule has 0 spiro atoms. The first kappa shape index (κ1) is 15.1. The Labute approximate surface area is 134 Å². The summed E-state index contributed by atoms with van der Waals surface area (Å²) in [5.41, 5.74) is 1.82. The SMILES string of the molecule is CCCNC(=O)c1cc(C)nc(Nc2ccc3c(c2)OCO3)n1. The van der Waals surface area contributed by atoms with Gasteiger partial charge in [-0.05, 0) is 31.5 Å². The molecule has 0 unspecified atom stereocenters. The summed E-state index contributed by atoms with van der Waals surface area (Å²) < 4.78 is 10.6. The number of benzene rings is 1. The van der Waals surface area contributed by atoms with Gasteiger partial charge < -0.3 is 20.1 Å². The monoisotopic (exact) mass is 314 g/mol. The lowest BCUT2D eigenvalue weighted by Gasteiger charge is -2.09. The van der Waals surface area contributed by atoms with Gasteiger partial charge in [-0.2, -0.15) is 0 Å². The van der Waals surface area contributed by atoms with Crippen LogP contribution in [0, 0.1) is 6.92 Å². The molecule has 1 aromatic heterocycles. The minimum absolute atomic E-state index is 0.203. The third-order valence-corrected chi connectivity index (χ3v) is 3.25. The lowest BCUT2D eigenvalue weighted by atomic mass is 10.3. The Morgan fingerprint density at radius 1 is 1.22 bits per heavy atom. The van der Waals surface area contributed by atoms with Crippen molar-refractivity contribution >= 4 is 17.5 Å². The summed E-state index contributed by atoms with van der Waals surface area (Å²) in [7, 11) is 0. The smallest absolute Gasteiger partial charge is 0.270 e. The van der Waals surface area contributed by atoms with Crippen molar-refractivity contribution in [1.82, 2.24) is 15.3 Å². The van der Waals surface area contributed by atoms with E-state index in [-0.39, 0.29) is 12.7 Å². The molecule has 0 aliphatic carbocycles. The fourth-order valence-electron chi connectivity index (χ4n) is 2.17. The van der Waals surface area contributed by atoms with E-state index in [1.165, 1.54) is 0 Å². The number of rotatable bonds is 5. The average molecular weight is 314 g/mol. The zero-order valence-electron chi connectivity index (χ0n) is 13.0. The van der Waals surface area contributed by atoms with Crippen LogP contribution in [0.1, 0.15) is 29.5 Å². The van der Waals surface area contributed by atoms with Crippen LogP contribution in [0.3, 0.4) is 0 Å². The van der Waals surface area contributed by atoms with Crippen molar-refractivity contribution < 1.29 is 14.3 Å². The number of anilines is 2. The van der Waals surface area contributed by atoms with Crippen molar-refractivity contribution in [2.24, 2.45) is 0 Å². The summed E-state index contributed by atoms with van der Waals surface area (Å²) in [6, 6.07) is 7.13. The predicted octanol–water partition coefficient (Wildman–Crippen LogP) is 2.40. The van der Waals surface area contributed by atoms with Crippen LogP contribution in [0.5, 0.6) is 11.5 Å².